The van der Waals surface area contributed by atoms with Crippen molar-refractivity contribution < 1.29 is 9.53 Å². The molecule has 32 heavy (non-hydrogen) atoms. The van der Waals surface area contributed by atoms with Crippen LogP contribution in [0.5, 0.6) is 5.75 Å². The second-order valence-electron chi connectivity index (χ2n) is 7.55. The maximum atomic E-state index is 12.0. The monoisotopic (exact) mass is 430 g/mol. The highest BCUT2D eigenvalue weighted by atomic mass is 16.5. The summed E-state index contributed by atoms with van der Waals surface area (Å²) in [6.07, 6.45) is 0. The van der Waals surface area contributed by atoms with Crippen LogP contribution in [0.25, 0.3) is 0 Å². The summed E-state index contributed by atoms with van der Waals surface area (Å²) < 4.78 is 5.91. The molecule has 3 rings (SSSR count). The fourth-order valence-corrected chi connectivity index (χ4v) is 3.16. The van der Waals surface area contributed by atoms with Crippen molar-refractivity contribution in [2.24, 2.45) is 4.99 Å². The number of nitrogens with zero attached hydrogens (tertiary/aromatic N) is 2. The van der Waals surface area contributed by atoms with E-state index in [4.69, 9.17) is 4.74 Å². The van der Waals surface area contributed by atoms with E-state index in [1.807, 2.05) is 66.7 Å². The van der Waals surface area contributed by atoms with Gasteiger partial charge in [-0.3, -0.25) is 9.79 Å². The van der Waals surface area contributed by atoms with Crippen LogP contribution in [0.2, 0.25) is 0 Å². The van der Waals surface area contributed by atoms with E-state index in [1.54, 1.807) is 26.0 Å². The zero-order valence-corrected chi connectivity index (χ0v) is 18.8. The summed E-state index contributed by atoms with van der Waals surface area (Å²) in [5.74, 6) is 1.56. The van der Waals surface area contributed by atoms with Gasteiger partial charge in [-0.1, -0.05) is 54.6 Å². The topological polar surface area (TPSA) is 66.0 Å². The van der Waals surface area contributed by atoms with Gasteiger partial charge in [-0.2, -0.15) is 0 Å². The van der Waals surface area contributed by atoms with E-state index in [9.17, 15) is 4.79 Å². The van der Waals surface area contributed by atoms with Crippen molar-refractivity contribution in [1.29, 1.82) is 0 Å². The van der Waals surface area contributed by atoms with E-state index in [0.717, 1.165) is 22.4 Å². The number of amides is 1. The molecule has 6 heteroatoms. The Bertz CT molecular complexity index is 1030. The summed E-state index contributed by atoms with van der Waals surface area (Å²) in [5.41, 5.74) is 4.02. The molecule has 0 aliphatic heterocycles. The third kappa shape index (κ3) is 6.60. The molecule has 6 nitrogen and oxygen atoms in total. The lowest BCUT2D eigenvalue weighted by Gasteiger charge is -2.15. The second kappa shape index (κ2) is 11.6. The number of hydrogen-bond acceptors (Lipinski definition) is 3. The van der Waals surface area contributed by atoms with Crippen LogP contribution in [-0.2, 0) is 19.7 Å². The Morgan fingerprint density at radius 2 is 1.47 bits per heavy atom. The Labute approximate surface area is 189 Å². The summed E-state index contributed by atoms with van der Waals surface area (Å²) >= 11 is 0. The molecule has 0 fully saturated rings. The average Bonchev–Trinajstić information content (AvgIpc) is 2.84. The van der Waals surface area contributed by atoms with Crippen LogP contribution in [0.3, 0.4) is 0 Å². The van der Waals surface area contributed by atoms with Gasteiger partial charge in [0.1, 0.15) is 12.4 Å². The third-order valence-electron chi connectivity index (χ3n) is 4.99. The van der Waals surface area contributed by atoms with Crippen LogP contribution in [0, 0.1) is 0 Å². The first-order valence-electron chi connectivity index (χ1n) is 10.6. The molecule has 0 atom stereocenters. The van der Waals surface area contributed by atoms with Crippen LogP contribution in [0.15, 0.2) is 83.9 Å². The van der Waals surface area contributed by atoms with Crippen LogP contribution in [-0.4, -0.2) is 37.9 Å². The van der Waals surface area contributed by atoms with E-state index < -0.39 is 0 Å². The molecule has 0 aliphatic carbocycles. The van der Waals surface area contributed by atoms with Gasteiger partial charge in [0, 0.05) is 39.8 Å². The second-order valence-corrected chi connectivity index (χ2v) is 7.55. The molecule has 0 saturated heterocycles. The SMILES string of the molecule is CN=C(NCc1ccc(C(=O)N(C)C)cc1)NCc1ccccc1COc1ccccc1. The fourth-order valence-electron chi connectivity index (χ4n) is 3.16. The largest absolute Gasteiger partial charge is 0.489 e. The minimum absolute atomic E-state index is 0.00288. The lowest BCUT2D eigenvalue weighted by molar-refractivity contribution is 0.0827. The number of nitrogens with one attached hydrogen (secondary N) is 2. The Morgan fingerprint density at radius 1 is 0.844 bits per heavy atom. The van der Waals surface area contributed by atoms with E-state index in [0.29, 0.717) is 31.2 Å². The van der Waals surface area contributed by atoms with E-state index in [1.165, 1.54) is 0 Å². The normalized spacial score (nSPS) is 11.0. The zero-order chi connectivity index (χ0) is 22.8. The van der Waals surface area contributed by atoms with Crippen molar-refractivity contribution in [2.75, 3.05) is 21.1 Å². The number of guanidine groups is 1. The van der Waals surface area contributed by atoms with E-state index >= 15 is 0 Å². The summed E-state index contributed by atoms with van der Waals surface area (Å²) in [6.45, 7) is 1.74. The van der Waals surface area contributed by atoms with Crippen LogP contribution in [0.1, 0.15) is 27.0 Å². The first-order valence-corrected chi connectivity index (χ1v) is 10.6. The van der Waals surface area contributed by atoms with Gasteiger partial charge in [0.05, 0.1) is 0 Å². The summed E-state index contributed by atoms with van der Waals surface area (Å²) in [5, 5.41) is 6.68. The number of rotatable bonds is 8. The Kier molecular flexibility index (Phi) is 8.26. The number of para-hydroxylation sites is 1. The van der Waals surface area contributed by atoms with Gasteiger partial charge < -0.3 is 20.3 Å². The van der Waals surface area contributed by atoms with Gasteiger partial charge in [-0.15, -0.1) is 0 Å². The Balaban J connectivity index is 1.53. The van der Waals surface area contributed by atoms with Crippen molar-refractivity contribution in [3.05, 3.63) is 101 Å². The highest BCUT2D eigenvalue weighted by Crippen LogP contribution is 2.14. The zero-order valence-electron chi connectivity index (χ0n) is 18.8. The summed E-state index contributed by atoms with van der Waals surface area (Å²) in [6, 6.07) is 25.6. The minimum atomic E-state index is -0.00288. The highest BCUT2D eigenvalue weighted by molar-refractivity contribution is 5.93. The smallest absolute Gasteiger partial charge is 0.253 e. The number of carbonyl (C=O) groups is 1. The molecule has 0 heterocycles. The lowest BCUT2D eigenvalue weighted by Crippen LogP contribution is -2.36. The molecule has 3 aromatic carbocycles. The molecule has 2 N–H and O–H groups in total. The quantitative estimate of drug-likeness (QED) is 0.421. The number of ether oxygens (including phenoxy) is 1. The predicted molar refractivity (Wildman–Crippen MR) is 129 cm³/mol. The van der Waals surface area contributed by atoms with Gasteiger partial charge in [0.25, 0.3) is 5.91 Å². The van der Waals surface area contributed by atoms with Crippen LogP contribution in [0.4, 0.5) is 0 Å². The fraction of sp³-hybridized carbons (Fsp3) is 0.231. The van der Waals surface area contributed by atoms with Crippen LogP contribution < -0.4 is 15.4 Å². The molecule has 0 unspecified atom stereocenters. The number of aliphatic imine (C=N–C) groups is 1. The number of benzene rings is 3. The molecule has 0 saturated carbocycles. The van der Waals surface area contributed by atoms with E-state index in [2.05, 4.69) is 27.8 Å². The van der Waals surface area contributed by atoms with Crippen molar-refractivity contribution in [2.45, 2.75) is 19.7 Å². The van der Waals surface area contributed by atoms with Crippen molar-refractivity contribution in [3.8, 4) is 5.75 Å². The van der Waals surface area contributed by atoms with E-state index in [-0.39, 0.29) is 5.91 Å². The highest BCUT2D eigenvalue weighted by Gasteiger charge is 2.08. The molecule has 3 aromatic rings. The maximum Gasteiger partial charge on any atom is 0.253 e. The molecule has 0 aromatic heterocycles. The van der Waals surface area contributed by atoms with Crippen molar-refractivity contribution >= 4 is 11.9 Å². The Morgan fingerprint density at radius 3 is 2.12 bits per heavy atom. The molecule has 0 bridgehead atoms. The first-order chi connectivity index (χ1) is 15.6. The summed E-state index contributed by atoms with van der Waals surface area (Å²) in [4.78, 5) is 17.9. The molecule has 1 amide bonds. The predicted octanol–water partition coefficient (Wildman–Crippen LogP) is 3.83. The minimum Gasteiger partial charge on any atom is -0.489 e. The van der Waals surface area contributed by atoms with Crippen molar-refractivity contribution in [1.82, 2.24) is 15.5 Å². The van der Waals surface area contributed by atoms with Gasteiger partial charge in [0.15, 0.2) is 5.96 Å². The lowest BCUT2D eigenvalue weighted by atomic mass is 10.1. The number of carbonyl (C=O) groups excluding carboxylic acids is 1. The first kappa shape index (κ1) is 22.9. The van der Waals surface area contributed by atoms with Crippen LogP contribution >= 0.6 is 0 Å². The average molecular weight is 431 g/mol. The standard InChI is InChI=1S/C26H30N4O2/c1-27-26(28-17-20-13-15-21(16-14-20)25(31)30(2)3)29-18-22-9-7-8-10-23(22)19-32-24-11-5-4-6-12-24/h4-16H,17-19H2,1-3H3,(H2,27,28,29). The maximum absolute atomic E-state index is 12.0. The molecular weight excluding hydrogens is 400 g/mol. The molecule has 166 valence electrons. The molecule has 0 radical (unpaired) electrons. The van der Waals surface area contributed by atoms with Gasteiger partial charge in [-0.25, -0.2) is 0 Å². The van der Waals surface area contributed by atoms with Crippen molar-refractivity contribution in [3.63, 3.8) is 0 Å². The Hall–Kier alpha value is -3.80. The molecule has 0 aliphatic rings. The van der Waals surface area contributed by atoms with Gasteiger partial charge in [0.2, 0.25) is 0 Å². The number of hydrogen-bond donors (Lipinski definition) is 2. The molecular formula is C26H30N4O2. The molecule has 0 spiro atoms. The van der Waals surface area contributed by atoms with Gasteiger partial charge in [-0.05, 0) is 41.0 Å². The third-order valence-corrected chi connectivity index (χ3v) is 4.99. The summed E-state index contributed by atoms with van der Waals surface area (Å²) in [7, 11) is 5.25. The van der Waals surface area contributed by atoms with Gasteiger partial charge >= 0.3 is 0 Å².